The first-order valence-electron chi connectivity index (χ1n) is 4.99. The molecule has 0 bridgehead atoms. The largest absolute Gasteiger partial charge is 0.425 e. The highest BCUT2D eigenvalue weighted by molar-refractivity contribution is 4.92. The number of halogens is 7. The summed E-state index contributed by atoms with van der Waals surface area (Å²) in [4.78, 5) is 0. The molecular weight excluding hydrogens is 257 g/mol. The van der Waals surface area contributed by atoms with E-state index in [-0.39, 0.29) is 12.8 Å². The summed E-state index contributed by atoms with van der Waals surface area (Å²) in [7, 11) is 0. The number of hydrogen-bond donors (Lipinski definition) is 0. The van der Waals surface area contributed by atoms with Gasteiger partial charge in [0.05, 0.1) is 6.10 Å². The molecule has 0 saturated carbocycles. The normalized spacial score (nSPS) is 29.1. The number of ether oxygens (including phenoxy) is 1. The number of alkyl halides is 7. The van der Waals surface area contributed by atoms with Crippen LogP contribution in [0.3, 0.4) is 0 Å². The fourth-order valence-electron chi connectivity index (χ4n) is 1.68. The maximum absolute atomic E-state index is 13.2. The van der Waals surface area contributed by atoms with Crippen molar-refractivity contribution in [3.63, 3.8) is 0 Å². The van der Waals surface area contributed by atoms with E-state index in [1.165, 1.54) is 0 Å². The Morgan fingerprint density at radius 1 is 1.12 bits per heavy atom. The van der Waals surface area contributed by atoms with Crippen molar-refractivity contribution in [1.82, 2.24) is 0 Å². The molecule has 0 radical (unpaired) electrons. The molecule has 0 spiro atoms. The minimum atomic E-state index is -5.66. The van der Waals surface area contributed by atoms with Crippen LogP contribution >= 0.6 is 0 Å². The first kappa shape index (κ1) is 14.5. The van der Waals surface area contributed by atoms with E-state index in [4.69, 9.17) is 0 Å². The highest BCUT2D eigenvalue weighted by Gasteiger charge is 2.61. The highest BCUT2D eigenvalue weighted by Crippen LogP contribution is 2.41. The minimum Gasteiger partial charge on any atom is -0.366 e. The molecule has 0 aromatic heterocycles. The van der Waals surface area contributed by atoms with Gasteiger partial charge >= 0.3 is 12.1 Å². The Morgan fingerprint density at radius 3 is 2.18 bits per heavy atom. The third-order valence-corrected chi connectivity index (χ3v) is 2.58. The van der Waals surface area contributed by atoms with E-state index in [0.29, 0.717) is 0 Å². The Labute approximate surface area is 92.9 Å². The molecule has 1 fully saturated rings. The summed E-state index contributed by atoms with van der Waals surface area (Å²) in [5.74, 6) is -4.69. The smallest absolute Gasteiger partial charge is 0.366 e. The van der Waals surface area contributed by atoms with Gasteiger partial charge in [0.25, 0.3) is 6.17 Å². The van der Waals surface area contributed by atoms with Crippen LogP contribution in [0.1, 0.15) is 19.3 Å². The zero-order valence-electron chi connectivity index (χ0n) is 8.61. The number of hydrogen-bond acceptors (Lipinski definition) is 1. The van der Waals surface area contributed by atoms with Crippen LogP contribution in [0.4, 0.5) is 30.7 Å². The molecule has 0 N–H and O–H groups in total. The first-order valence-corrected chi connectivity index (χ1v) is 4.99. The minimum absolute atomic E-state index is 0.0828. The maximum Gasteiger partial charge on any atom is 0.425 e. The van der Waals surface area contributed by atoms with Crippen molar-refractivity contribution in [1.29, 1.82) is 0 Å². The van der Waals surface area contributed by atoms with Crippen molar-refractivity contribution in [2.45, 2.75) is 49.7 Å². The van der Waals surface area contributed by atoms with E-state index in [2.05, 4.69) is 4.74 Å². The van der Waals surface area contributed by atoms with Gasteiger partial charge in [-0.1, -0.05) is 0 Å². The molecule has 0 aliphatic carbocycles. The monoisotopic (exact) mass is 268 g/mol. The van der Waals surface area contributed by atoms with Gasteiger partial charge < -0.3 is 4.74 Å². The van der Waals surface area contributed by atoms with Crippen LogP contribution in [0, 0.1) is 0 Å². The van der Waals surface area contributed by atoms with Crippen LogP contribution in [-0.2, 0) is 4.74 Å². The molecular formula is C9H11F7O. The SMILES string of the molecule is FCC1CCCC(C(F)(F)C(F)C(F)(F)F)O1. The Balaban J connectivity index is 2.75. The first-order chi connectivity index (χ1) is 7.69. The molecule has 1 rings (SSSR count). The summed E-state index contributed by atoms with van der Waals surface area (Å²) < 4.78 is 91.3. The van der Waals surface area contributed by atoms with E-state index in [1.807, 2.05) is 0 Å². The fraction of sp³-hybridized carbons (Fsp3) is 1.00. The zero-order valence-corrected chi connectivity index (χ0v) is 8.61. The second-order valence-electron chi connectivity index (χ2n) is 3.91. The average Bonchev–Trinajstić information content (AvgIpc) is 2.27. The Bertz CT molecular complexity index is 252. The van der Waals surface area contributed by atoms with Gasteiger partial charge in [-0.15, -0.1) is 0 Å². The average molecular weight is 268 g/mol. The summed E-state index contributed by atoms with van der Waals surface area (Å²) in [6.45, 7) is -1.07. The van der Waals surface area contributed by atoms with E-state index in [0.717, 1.165) is 0 Å². The predicted molar refractivity (Wildman–Crippen MR) is 44.4 cm³/mol. The molecule has 17 heavy (non-hydrogen) atoms. The number of rotatable bonds is 3. The van der Waals surface area contributed by atoms with Crippen molar-refractivity contribution in [3.8, 4) is 0 Å². The molecule has 0 amide bonds. The van der Waals surface area contributed by atoms with E-state index < -0.39 is 43.6 Å². The lowest BCUT2D eigenvalue weighted by molar-refractivity contribution is -0.283. The van der Waals surface area contributed by atoms with Gasteiger partial charge in [0.1, 0.15) is 12.8 Å². The summed E-state index contributed by atoms with van der Waals surface area (Å²) >= 11 is 0. The van der Waals surface area contributed by atoms with Gasteiger partial charge in [-0.2, -0.15) is 13.2 Å². The second-order valence-corrected chi connectivity index (χ2v) is 3.91. The molecule has 1 aliphatic rings. The fourth-order valence-corrected chi connectivity index (χ4v) is 1.68. The third kappa shape index (κ3) is 3.23. The summed E-state index contributed by atoms with van der Waals surface area (Å²) in [5.41, 5.74) is 0. The topological polar surface area (TPSA) is 9.23 Å². The van der Waals surface area contributed by atoms with Gasteiger partial charge in [0, 0.05) is 0 Å². The van der Waals surface area contributed by atoms with Crippen molar-refractivity contribution >= 4 is 0 Å². The third-order valence-electron chi connectivity index (χ3n) is 2.58. The van der Waals surface area contributed by atoms with Crippen LogP contribution in [0.2, 0.25) is 0 Å². The van der Waals surface area contributed by atoms with E-state index in [9.17, 15) is 30.7 Å². The van der Waals surface area contributed by atoms with Crippen LogP contribution in [0.5, 0.6) is 0 Å². The van der Waals surface area contributed by atoms with E-state index in [1.54, 1.807) is 0 Å². The van der Waals surface area contributed by atoms with Gasteiger partial charge in [-0.3, -0.25) is 0 Å². The summed E-state index contributed by atoms with van der Waals surface area (Å²) in [6, 6.07) is 0. The van der Waals surface area contributed by atoms with Crippen LogP contribution in [0.15, 0.2) is 0 Å². The van der Waals surface area contributed by atoms with Gasteiger partial charge in [-0.25, -0.2) is 17.6 Å². The van der Waals surface area contributed by atoms with Gasteiger partial charge in [-0.05, 0) is 19.3 Å². The Hall–Kier alpha value is -0.530. The lowest BCUT2D eigenvalue weighted by atomic mass is 9.97. The van der Waals surface area contributed by atoms with Crippen LogP contribution in [0.25, 0.3) is 0 Å². The molecule has 1 aliphatic heterocycles. The predicted octanol–water partition coefficient (Wildman–Crippen LogP) is 3.43. The van der Waals surface area contributed by atoms with E-state index >= 15 is 0 Å². The quantitative estimate of drug-likeness (QED) is 0.712. The van der Waals surface area contributed by atoms with Crippen molar-refractivity contribution in [3.05, 3.63) is 0 Å². The standard InChI is InChI=1S/C9H11F7O/c10-4-5-2-1-3-6(17-5)8(12,13)7(11)9(14,15)16/h5-7H,1-4H2. The lowest BCUT2D eigenvalue weighted by Gasteiger charge is -2.35. The molecule has 102 valence electrons. The molecule has 1 saturated heterocycles. The second kappa shape index (κ2) is 4.99. The summed E-state index contributed by atoms with van der Waals surface area (Å²) in [5, 5.41) is 0. The zero-order chi connectivity index (χ0) is 13.3. The molecule has 3 unspecified atom stereocenters. The maximum atomic E-state index is 13.2. The Morgan fingerprint density at radius 2 is 1.71 bits per heavy atom. The highest BCUT2D eigenvalue weighted by atomic mass is 19.4. The van der Waals surface area contributed by atoms with Crippen LogP contribution in [-0.4, -0.2) is 37.2 Å². The molecule has 0 aromatic carbocycles. The molecule has 1 heterocycles. The molecule has 8 heteroatoms. The van der Waals surface area contributed by atoms with Gasteiger partial charge in [0.15, 0.2) is 0 Å². The summed E-state index contributed by atoms with van der Waals surface area (Å²) in [6.07, 6.45) is -13.5. The molecule has 3 atom stereocenters. The van der Waals surface area contributed by atoms with Gasteiger partial charge in [0.2, 0.25) is 0 Å². The Kier molecular flexibility index (Phi) is 4.27. The molecule has 0 aromatic rings. The van der Waals surface area contributed by atoms with Crippen molar-refractivity contribution in [2.75, 3.05) is 6.67 Å². The van der Waals surface area contributed by atoms with Crippen molar-refractivity contribution in [2.24, 2.45) is 0 Å². The molecule has 1 nitrogen and oxygen atoms in total. The van der Waals surface area contributed by atoms with Crippen molar-refractivity contribution < 1.29 is 35.5 Å². The lowest BCUT2D eigenvalue weighted by Crippen LogP contribution is -2.52. The van der Waals surface area contributed by atoms with Crippen LogP contribution < -0.4 is 0 Å².